The van der Waals surface area contributed by atoms with Crippen LogP contribution >= 0.6 is 46.2 Å². The fraction of sp³-hybridized carbons (Fsp3) is 0.200. The normalized spacial score (nSPS) is 10.6. The highest BCUT2D eigenvalue weighted by Crippen LogP contribution is 2.30. The highest BCUT2D eigenvalue weighted by molar-refractivity contribution is 8.00. The first-order valence-corrected chi connectivity index (χ1v) is 8.13. The second-order valence-electron chi connectivity index (χ2n) is 2.70. The van der Waals surface area contributed by atoms with Gasteiger partial charge in [0, 0.05) is 5.75 Å². The van der Waals surface area contributed by atoms with Crippen molar-refractivity contribution in [3.8, 4) is 0 Å². The molecule has 74 valence electrons. The second-order valence-corrected chi connectivity index (χ2v) is 6.94. The van der Waals surface area contributed by atoms with Gasteiger partial charge in [0.25, 0.3) is 0 Å². The molecule has 2 heterocycles. The van der Waals surface area contributed by atoms with E-state index in [9.17, 15) is 0 Å². The molecular formula is C10H10S4. The summed E-state index contributed by atoms with van der Waals surface area (Å²) >= 11 is 7.40. The van der Waals surface area contributed by atoms with Gasteiger partial charge in [-0.05, 0) is 34.7 Å². The number of thiophene rings is 2. The summed E-state index contributed by atoms with van der Waals surface area (Å²) in [5.41, 5.74) is 1.44. The van der Waals surface area contributed by atoms with Gasteiger partial charge in [0.15, 0.2) is 0 Å². The van der Waals surface area contributed by atoms with Crippen molar-refractivity contribution in [1.82, 2.24) is 0 Å². The lowest BCUT2D eigenvalue weighted by Gasteiger charge is -1.94. The van der Waals surface area contributed by atoms with Crippen LogP contribution in [-0.2, 0) is 5.75 Å². The Balaban J connectivity index is 1.92. The molecule has 0 aliphatic rings. The lowest BCUT2D eigenvalue weighted by atomic mass is 10.4. The molecule has 0 aliphatic heterocycles. The van der Waals surface area contributed by atoms with Gasteiger partial charge < -0.3 is 0 Å². The Hall–Kier alpha value is 0.1000. The Labute approximate surface area is 101 Å². The minimum Gasteiger partial charge on any atom is -0.137 e. The van der Waals surface area contributed by atoms with E-state index < -0.39 is 0 Å². The van der Waals surface area contributed by atoms with Crippen molar-refractivity contribution in [3.05, 3.63) is 34.5 Å². The zero-order valence-electron chi connectivity index (χ0n) is 7.73. The molecule has 0 spiro atoms. The third-order valence-corrected chi connectivity index (χ3v) is 5.99. The Kier molecular flexibility index (Phi) is 3.99. The van der Waals surface area contributed by atoms with E-state index in [-0.39, 0.29) is 0 Å². The Morgan fingerprint density at radius 2 is 2.21 bits per heavy atom. The highest BCUT2D eigenvalue weighted by Gasteiger charge is 2.00. The highest BCUT2D eigenvalue weighted by atomic mass is 32.2. The largest absolute Gasteiger partial charge is 0.137 e. The summed E-state index contributed by atoms with van der Waals surface area (Å²) in [7, 11) is 0. The third kappa shape index (κ3) is 2.79. The van der Waals surface area contributed by atoms with Gasteiger partial charge in [-0.15, -0.1) is 46.2 Å². The minimum atomic E-state index is 1.09. The summed E-state index contributed by atoms with van der Waals surface area (Å²) in [6.07, 6.45) is 2.13. The predicted molar refractivity (Wildman–Crippen MR) is 70.0 cm³/mol. The molecular weight excluding hydrogens is 248 g/mol. The Morgan fingerprint density at radius 3 is 2.86 bits per heavy atom. The van der Waals surface area contributed by atoms with Crippen molar-refractivity contribution in [1.29, 1.82) is 0 Å². The van der Waals surface area contributed by atoms with Crippen LogP contribution in [0.1, 0.15) is 5.56 Å². The van der Waals surface area contributed by atoms with Crippen LogP contribution in [0, 0.1) is 0 Å². The zero-order chi connectivity index (χ0) is 9.80. The number of hydrogen-bond donors (Lipinski definition) is 0. The van der Waals surface area contributed by atoms with E-state index in [4.69, 9.17) is 0 Å². The van der Waals surface area contributed by atoms with Gasteiger partial charge in [0.2, 0.25) is 0 Å². The maximum atomic E-state index is 2.29. The molecule has 0 fully saturated rings. The number of hydrogen-bond acceptors (Lipinski definition) is 4. The first kappa shape index (κ1) is 10.6. The van der Waals surface area contributed by atoms with Crippen molar-refractivity contribution in [2.24, 2.45) is 0 Å². The Morgan fingerprint density at radius 1 is 1.29 bits per heavy atom. The fourth-order valence-corrected chi connectivity index (χ4v) is 4.29. The molecule has 0 atom stereocenters. The monoisotopic (exact) mass is 258 g/mol. The lowest BCUT2D eigenvalue weighted by Crippen LogP contribution is -1.71. The molecule has 0 radical (unpaired) electrons. The van der Waals surface area contributed by atoms with Crippen LogP contribution in [0.2, 0.25) is 0 Å². The molecule has 0 saturated carbocycles. The standard InChI is InChI=1S/C10H10S4/c1-11-10-5-8(7-14-10)6-13-9-3-2-4-12-9/h2-5,7H,6H2,1H3. The van der Waals surface area contributed by atoms with Crippen molar-refractivity contribution in [2.45, 2.75) is 14.2 Å². The van der Waals surface area contributed by atoms with Crippen LogP contribution in [0.3, 0.4) is 0 Å². The van der Waals surface area contributed by atoms with Crippen molar-refractivity contribution >= 4 is 46.2 Å². The van der Waals surface area contributed by atoms with Crippen LogP contribution in [0.15, 0.2) is 37.4 Å². The van der Waals surface area contributed by atoms with Gasteiger partial charge in [-0.25, -0.2) is 0 Å². The van der Waals surface area contributed by atoms with Crippen LogP contribution < -0.4 is 0 Å². The van der Waals surface area contributed by atoms with Gasteiger partial charge in [-0.1, -0.05) is 6.07 Å². The van der Waals surface area contributed by atoms with Crippen LogP contribution in [0.25, 0.3) is 0 Å². The van der Waals surface area contributed by atoms with Crippen molar-refractivity contribution in [3.63, 3.8) is 0 Å². The van der Waals surface area contributed by atoms with Crippen molar-refractivity contribution < 1.29 is 0 Å². The predicted octanol–water partition coefficient (Wildman–Crippen LogP) is 4.82. The maximum absolute atomic E-state index is 2.29. The Bertz CT molecular complexity index is 374. The molecule has 2 aromatic heterocycles. The minimum absolute atomic E-state index is 1.09. The molecule has 0 amide bonds. The van der Waals surface area contributed by atoms with E-state index in [2.05, 4.69) is 35.2 Å². The summed E-state index contributed by atoms with van der Waals surface area (Å²) in [6, 6.07) is 6.57. The average molecular weight is 258 g/mol. The first-order valence-electron chi connectivity index (χ1n) is 4.16. The average Bonchev–Trinajstić information content (AvgIpc) is 2.86. The summed E-state index contributed by atoms with van der Waals surface area (Å²) in [5.74, 6) is 1.09. The van der Waals surface area contributed by atoms with Gasteiger partial charge in [-0.3, -0.25) is 0 Å². The molecule has 0 aliphatic carbocycles. The van der Waals surface area contributed by atoms with Gasteiger partial charge in [-0.2, -0.15) is 0 Å². The molecule has 0 aromatic carbocycles. The van der Waals surface area contributed by atoms with Gasteiger partial charge in [0.05, 0.1) is 8.42 Å². The van der Waals surface area contributed by atoms with Gasteiger partial charge in [0.1, 0.15) is 0 Å². The smallest absolute Gasteiger partial charge is 0.0601 e. The van der Waals surface area contributed by atoms with E-state index in [0.717, 1.165) is 5.75 Å². The third-order valence-electron chi connectivity index (χ3n) is 1.71. The van der Waals surface area contributed by atoms with Crippen LogP contribution in [0.4, 0.5) is 0 Å². The van der Waals surface area contributed by atoms with E-state index in [1.165, 1.54) is 14.0 Å². The molecule has 0 nitrogen and oxygen atoms in total. The van der Waals surface area contributed by atoms with E-state index in [0.29, 0.717) is 0 Å². The van der Waals surface area contributed by atoms with E-state index in [1.807, 2.05) is 46.2 Å². The molecule has 14 heavy (non-hydrogen) atoms. The van der Waals surface area contributed by atoms with Crippen LogP contribution in [0.5, 0.6) is 0 Å². The summed E-state index contributed by atoms with van der Waals surface area (Å²) in [6.45, 7) is 0. The maximum Gasteiger partial charge on any atom is 0.0601 e. The molecule has 0 bridgehead atoms. The quantitative estimate of drug-likeness (QED) is 0.721. The first-order chi connectivity index (χ1) is 6.88. The zero-order valence-corrected chi connectivity index (χ0v) is 11.0. The summed E-state index contributed by atoms with van der Waals surface area (Å²) in [4.78, 5) is 0. The summed E-state index contributed by atoms with van der Waals surface area (Å²) in [5, 5.41) is 4.38. The molecule has 0 N–H and O–H groups in total. The molecule has 0 unspecified atom stereocenters. The molecule has 0 saturated heterocycles. The second kappa shape index (κ2) is 5.26. The fourth-order valence-electron chi connectivity index (χ4n) is 1.04. The lowest BCUT2D eigenvalue weighted by molar-refractivity contribution is 1.44. The molecule has 2 rings (SSSR count). The SMILES string of the molecule is CSc1cc(CSc2cccs2)cs1. The molecule has 4 heteroatoms. The van der Waals surface area contributed by atoms with E-state index >= 15 is 0 Å². The van der Waals surface area contributed by atoms with E-state index in [1.54, 1.807) is 0 Å². The summed E-state index contributed by atoms with van der Waals surface area (Å²) < 4.78 is 2.81. The number of rotatable bonds is 4. The molecule has 2 aromatic rings. The van der Waals surface area contributed by atoms with Crippen molar-refractivity contribution in [2.75, 3.05) is 6.26 Å². The topological polar surface area (TPSA) is 0 Å². The number of thioether (sulfide) groups is 2. The van der Waals surface area contributed by atoms with Gasteiger partial charge >= 0.3 is 0 Å². The van der Waals surface area contributed by atoms with Crippen LogP contribution in [-0.4, -0.2) is 6.26 Å².